The number of rotatable bonds is 3. The van der Waals surface area contributed by atoms with Crippen molar-refractivity contribution < 1.29 is 9.90 Å². The zero-order valence-corrected chi connectivity index (χ0v) is 10.9. The van der Waals surface area contributed by atoms with Gasteiger partial charge in [0.15, 0.2) is 0 Å². The minimum atomic E-state index is -0.196. The lowest BCUT2D eigenvalue weighted by Crippen LogP contribution is -2.27. The van der Waals surface area contributed by atoms with Crippen molar-refractivity contribution in [1.82, 2.24) is 4.90 Å². The summed E-state index contributed by atoms with van der Waals surface area (Å²) in [5.74, 6) is 5.32. The third-order valence-corrected chi connectivity index (χ3v) is 3.94. The first-order valence-corrected chi connectivity index (χ1v) is 6.76. The molecule has 2 heterocycles. The number of hydrogen-bond acceptors (Lipinski definition) is 4. The maximum Gasteiger partial charge on any atom is 0.221 e. The number of carbonyl (C=O) groups excluding carboxylic acids is 1. The van der Waals surface area contributed by atoms with E-state index in [1.807, 2.05) is 11.4 Å². The molecule has 0 aromatic carbocycles. The Morgan fingerprint density at radius 2 is 2.50 bits per heavy atom. The molecule has 0 aliphatic carbocycles. The molecule has 5 heteroatoms. The summed E-state index contributed by atoms with van der Waals surface area (Å²) in [4.78, 5) is 14.5. The summed E-state index contributed by atoms with van der Waals surface area (Å²) in [6.45, 7) is 2.40. The van der Waals surface area contributed by atoms with Crippen LogP contribution >= 0.6 is 11.3 Å². The second-order valence-corrected chi connectivity index (χ2v) is 5.38. The molecule has 1 saturated heterocycles. The van der Waals surface area contributed by atoms with E-state index in [1.54, 1.807) is 11.3 Å². The van der Waals surface area contributed by atoms with Crippen LogP contribution in [0.3, 0.4) is 0 Å². The van der Waals surface area contributed by atoms with E-state index >= 15 is 0 Å². The standard InChI is InChI=1S/C13H16N2O2S/c14-13(17)11-3-4-15(7-11)8-12-6-10(9-18-12)2-1-5-16/h6,9,11,16H,3-5,7-8H2,(H2,14,17). The first-order valence-electron chi connectivity index (χ1n) is 5.88. The van der Waals surface area contributed by atoms with Crippen molar-refractivity contribution in [3.63, 3.8) is 0 Å². The number of thiophene rings is 1. The molecule has 96 valence electrons. The average Bonchev–Trinajstić information content (AvgIpc) is 2.96. The summed E-state index contributed by atoms with van der Waals surface area (Å²) in [7, 11) is 0. The highest BCUT2D eigenvalue weighted by molar-refractivity contribution is 7.10. The summed E-state index contributed by atoms with van der Waals surface area (Å²) in [5.41, 5.74) is 6.25. The molecule has 1 aliphatic rings. The normalized spacial score (nSPS) is 19.5. The third kappa shape index (κ3) is 3.33. The van der Waals surface area contributed by atoms with Crippen molar-refractivity contribution >= 4 is 17.2 Å². The van der Waals surface area contributed by atoms with Crippen LogP contribution in [0.2, 0.25) is 0 Å². The molecule has 2 rings (SSSR count). The van der Waals surface area contributed by atoms with Crippen molar-refractivity contribution in [2.75, 3.05) is 19.7 Å². The summed E-state index contributed by atoms with van der Waals surface area (Å²) < 4.78 is 0. The SMILES string of the molecule is NC(=O)C1CCN(Cc2cc(C#CCO)cs2)C1. The Bertz CT molecular complexity index is 487. The van der Waals surface area contributed by atoms with E-state index in [1.165, 1.54) is 4.88 Å². The summed E-state index contributed by atoms with van der Waals surface area (Å²) >= 11 is 1.65. The molecule has 1 aromatic rings. The average molecular weight is 264 g/mol. The number of aliphatic hydroxyl groups is 1. The fourth-order valence-corrected chi connectivity index (χ4v) is 2.96. The monoisotopic (exact) mass is 264 g/mol. The van der Waals surface area contributed by atoms with Crippen LogP contribution in [-0.4, -0.2) is 35.6 Å². The van der Waals surface area contributed by atoms with E-state index in [0.29, 0.717) is 0 Å². The molecule has 1 fully saturated rings. The molecule has 4 nitrogen and oxygen atoms in total. The van der Waals surface area contributed by atoms with Crippen molar-refractivity contribution in [1.29, 1.82) is 0 Å². The largest absolute Gasteiger partial charge is 0.384 e. The van der Waals surface area contributed by atoms with Gasteiger partial charge in [0.05, 0.1) is 5.92 Å². The zero-order chi connectivity index (χ0) is 13.0. The molecule has 1 atom stereocenters. The first kappa shape index (κ1) is 13.1. The van der Waals surface area contributed by atoms with Crippen LogP contribution in [0.25, 0.3) is 0 Å². The molecule has 0 bridgehead atoms. The summed E-state index contributed by atoms with van der Waals surface area (Å²) in [6.07, 6.45) is 0.859. The Hall–Kier alpha value is -1.35. The second kappa shape index (κ2) is 6.01. The lowest BCUT2D eigenvalue weighted by molar-refractivity contribution is -0.121. The maximum atomic E-state index is 11.1. The smallest absolute Gasteiger partial charge is 0.221 e. The van der Waals surface area contributed by atoms with Gasteiger partial charge in [-0.3, -0.25) is 9.69 Å². The van der Waals surface area contributed by atoms with Crippen LogP contribution in [0, 0.1) is 17.8 Å². The fourth-order valence-electron chi connectivity index (χ4n) is 2.10. The van der Waals surface area contributed by atoms with Crippen LogP contribution in [-0.2, 0) is 11.3 Å². The quantitative estimate of drug-likeness (QED) is 0.777. The topological polar surface area (TPSA) is 66.6 Å². The van der Waals surface area contributed by atoms with Crippen LogP contribution < -0.4 is 5.73 Å². The number of primary amides is 1. The number of nitrogens with two attached hydrogens (primary N) is 1. The molecule has 18 heavy (non-hydrogen) atoms. The van der Waals surface area contributed by atoms with Gasteiger partial charge in [0, 0.05) is 28.9 Å². The van der Waals surface area contributed by atoms with Gasteiger partial charge in [-0.15, -0.1) is 11.3 Å². The zero-order valence-electron chi connectivity index (χ0n) is 10.1. The number of nitrogens with zero attached hydrogens (tertiary/aromatic N) is 1. The Morgan fingerprint density at radius 1 is 1.67 bits per heavy atom. The number of amides is 1. The van der Waals surface area contributed by atoms with Gasteiger partial charge in [-0.05, 0) is 19.0 Å². The van der Waals surface area contributed by atoms with E-state index in [0.717, 1.165) is 31.6 Å². The van der Waals surface area contributed by atoms with E-state index < -0.39 is 0 Å². The van der Waals surface area contributed by atoms with Gasteiger partial charge in [0.1, 0.15) is 6.61 Å². The lowest BCUT2D eigenvalue weighted by atomic mass is 10.1. The highest BCUT2D eigenvalue weighted by atomic mass is 32.1. The third-order valence-electron chi connectivity index (χ3n) is 3.02. The summed E-state index contributed by atoms with van der Waals surface area (Å²) in [5, 5.41) is 10.6. The van der Waals surface area contributed by atoms with Crippen LogP contribution in [0.1, 0.15) is 16.9 Å². The number of aliphatic hydroxyl groups excluding tert-OH is 1. The highest BCUT2D eigenvalue weighted by Crippen LogP contribution is 2.21. The van der Waals surface area contributed by atoms with Gasteiger partial charge in [-0.1, -0.05) is 11.8 Å². The van der Waals surface area contributed by atoms with Gasteiger partial charge in [-0.2, -0.15) is 0 Å². The molecule has 1 aliphatic heterocycles. The van der Waals surface area contributed by atoms with Crippen molar-refractivity contribution in [2.24, 2.45) is 11.7 Å². The predicted molar refractivity (Wildman–Crippen MR) is 70.9 cm³/mol. The Labute approximate surface area is 110 Å². The maximum absolute atomic E-state index is 11.1. The van der Waals surface area contributed by atoms with Crippen molar-refractivity contribution in [3.05, 3.63) is 21.9 Å². The van der Waals surface area contributed by atoms with Crippen LogP contribution in [0.4, 0.5) is 0 Å². The highest BCUT2D eigenvalue weighted by Gasteiger charge is 2.26. The van der Waals surface area contributed by atoms with Crippen LogP contribution in [0.5, 0.6) is 0 Å². The minimum Gasteiger partial charge on any atom is -0.384 e. The van der Waals surface area contributed by atoms with Crippen LogP contribution in [0.15, 0.2) is 11.4 Å². The fraction of sp³-hybridized carbons (Fsp3) is 0.462. The molecule has 0 saturated carbocycles. The van der Waals surface area contributed by atoms with E-state index in [9.17, 15) is 4.79 Å². The van der Waals surface area contributed by atoms with Gasteiger partial charge in [0.2, 0.25) is 5.91 Å². The van der Waals surface area contributed by atoms with Crippen molar-refractivity contribution in [3.8, 4) is 11.8 Å². The Balaban J connectivity index is 1.90. The van der Waals surface area contributed by atoms with Gasteiger partial charge < -0.3 is 10.8 Å². The lowest BCUT2D eigenvalue weighted by Gasteiger charge is -2.13. The van der Waals surface area contributed by atoms with E-state index in [-0.39, 0.29) is 18.4 Å². The van der Waals surface area contributed by atoms with Gasteiger partial charge >= 0.3 is 0 Å². The Kier molecular flexibility index (Phi) is 4.37. The first-order chi connectivity index (χ1) is 8.69. The van der Waals surface area contributed by atoms with E-state index in [2.05, 4.69) is 16.7 Å². The van der Waals surface area contributed by atoms with Gasteiger partial charge in [-0.25, -0.2) is 0 Å². The van der Waals surface area contributed by atoms with E-state index in [4.69, 9.17) is 10.8 Å². The Morgan fingerprint density at radius 3 is 3.17 bits per heavy atom. The molecule has 0 radical (unpaired) electrons. The summed E-state index contributed by atoms with van der Waals surface area (Å²) in [6, 6.07) is 2.03. The number of likely N-dealkylation sites (tertiary alicyclic amines) is 1. The molecule has 0 spiro atoms. The minimum absolute atomic E-state index is 0.00128. The molecular formula is C13H16N2O2S. The van der Waals surface area contributed by atoms with Gasteiger partial charge in [0.25, 0.3) is 0 Å². The number of hydrogen-bond donors (Lipinski definition) is 2. The molecular weight excluding hydrogens is 248 g/mol. The molecule has 1 unspecified atom stereocenters. The number of carbonyl (C=O) groups is 1. The molecule has 1 amide bonds. The second-order valence-electron chi connectivity index (χ2n) is 4.38. The molecule has 3 N–H and O–H groups in total. The molecule has 1 aromatic heterocycles. The van der Waals surface area contributed by atoms with Crippen molar-refractivity contribution in [2.45, 2.75) is 13.0 Å². The predicted octanol–water partition coefficient (Wildman–Crippen LogP) is 0.399.